The minimum absolute atomic E-state index is 0.748. The molecule has 2 N–H and O–H groups in total. The Kier molecular flexibility index (Phi) is 3.24. The lowest BCUT2D eigenvalue weighted by molar-refractivity contribution is 1.02. The Bertz CT molecular complexity index is 473. The summed E-state index contributed by atoms with van der Waals surface area (Å²) in [6, 6.07) is 3.89. The Morgan fingerprint density at radius 3 is 2.88 bits per heavy atom. The van der Waals surface area contributed by atoms with Crippen LogP contribution in [0.3, 0.4) is 0 Å². The van der Waals surface area contributed by atoms with Crippen molar-refractivity contribution in [2.45, 2.75) is 20.4 Å². The van der Waals surface area contributed by atoms with Crippen LogP contribution in [-0.4, -0.2) is 15.2 Å². The minimum Gasteiger partial charge on any atom is -0.379 e. The third-order valence-corrected chi connectivity index (χ3v) is 3.13. The Morgan fingerprint density at radius 2 is 2.25 bits per heavy atom. The molecule has 4 nitrogen and oxygen atoms in total. The van der Waals surface area contributed by atoms with Gasteiger partial charge in [0.2, 0.25) is 0 Å². The smallest absolute Gasteiger partial charge is 0.129 e. The molecule has 0 saturated heterocycles. The van der Waals surface area contributed by atoms with E-state index < -0.39 is 0 Å². The lowest BCUT2D eigenvalue weighted by atomic mass is 10.2. The van der Waals surface area contributed by atoms with E-state index in [4.69, 9.17) is 0 Å². The van der Waals surface area contributed by atoms with Crippen LogP contribution in [0.15, 0.2) is 22.9 Å². The molecule has 2 heterocycles. The Balaban J connectivity index is 2.11. The summed E-state index contributed by atoms with van der Waals surface area (Å²) in [4.78, 5) is 4.15. The number of aromatic amines is 1. The van der Waals surface area contributed by atoms with Crippen molar-refractivity contribution in [1.82, 2.24) is 15.2 Å². The number of aromatic nitrogens is 3. The highest BCUT2D eigenvalue weighted by Crippen LogP contribution is 2.20. The Hall–Kier alpha value is -1.36. The van der Waals surface area contributed by atoms with Gasteiger partial charge in [0, 0.05) is 24.0 Å². The average Bonchev–Trinajstić information content (AvgIpc) is 2.58. The van der Waals surface area contributed by atoms with E-state index in [0.717, 1.165) is 28.2 Å². The van der Waals surface area contributed by atoms with Crippen LogP contribution in [-0.2, 0) is 6.54 Å². The fourth-order valence-electron chi connectivity index (χ4n) is 1.54. The minimum atomic E-state index is 0.748. The summed E-state index contributed by atoms with van der Waals surface area (Å²) in [5.41, 5.74) is 4.33. The molecular formula is C11H13BrN4. The van der Waals surface area contributed by atoms with Gasteiger partial charge in [-0.15, -0.1) is 0 Å². The first-order valence-electron chi connectivity index (χ1n) is 5.03. The van der Waals surface area contributed by atoms with Gasteiger partial charge >= 0.3 is 0 Å². The molecule has 0 bridgehead atoms. The SMILES string of the molecule is Cc1n[nH]c(C)c1CNc1cccnc1Br. The van der Waals surface area contributed by atoms with E-state index in [0.29, 0.717) is 0 Å². The van der Waals surface area contributed by atoms with Gasteiger partial charge in [-0.2, -0.15) is 5.10 Å². The van der Waals surface area contributed by atoms with Crippen LogP contribution in [0.25, 0.3) is 0 Å². The molecule has 0 amide bonds. The zero-order valence-electron chi connectivity index (χ0n) is 9.21. The van der Waals surface area contributed by atoms with Gasteiger partial charge in [0.25, 0.3) is 0 Å². The van der Waals surface area contributed by atoms with Crippen molar-refractivity contribution in [3.05, 3.63) is 39.9 Å². The standard InChI is InChI=1S/C11H13BrN4/c1-7-9(8(2)16-15-7)6-14-10-4-3-5-13-11(10)12/h3-5,14H,6H2,1-2H3,(H,15,16). The van der Waals surface area contributed by atoms with Gasteiger partial charge in [-0.1, -0.05) is 0 Å². The lowest BCUT2D eigenvalue weighted by Gasteiger charge is -2.07. The van der Waals surface area contributed by atoms with Crippen molar-refractivity contribution >= 4 is 21.6 Å². The second kappa shape index (κ2) is 4.65. The maximum absolute atomic E-state index is 4.16. The summed E-state index contributed by atoms with van der Waals surface area (Å²) >= 11 is 3.40. The van der Waals surface area contributed by atoms with Gasteiger partial charge in [0.15, 0.2) is 0 Å². The average molecular weight is 281 g/mol. The van der Waals surface area contributed by atoms with Crippen molar-refractivity contribution < 1.29 is 0 Å². The fraction of sp³-hybridized carbons (Fsp3) is 0.273. The largest absolute Gasteiger partial charge is 0.379 e. The molecule has 0 radical (unpaired) electrons. The summed E-state index contributed by atoms with van der Waals surface area (Å²) in [5.74, 6) is 0. The highest BCUT2D eigenvalue weighted by Gasteiger charge is 2.06. The lowest BCUT2D eigenvalue weighted by Crippen LogP contribution is -2.02. The zero-order chi connectivity index (χ0) is 11.5. The fourth-order valence-corrected chi connectivity index (χ4v) is 1.93. The number of aryl methyl sites for hydroxylation is 2. The molecule has 84 valence electrons. The van der Waals surface area contributed by atoms with Crippen molar-refractivity contribution in [2.75, 3.05) is 5.32 Å². The van der Waals surface area contributed by atoms with E-state index in [1.54, 1.807) is 6.20 Å². The third-order valence-electron chi connectivity index (χ3n) is 2.50. The molecule has 0 aliphatic carbocycles. The van der Waals surface area contributed by atoms with Crippen molar-refractivity contribution in [3.63, 3.8) is 0 Å². The Morgan fingerprint density at radius 1 is 1.44 bits per heavy atom. The first-order valence-corrected chi connectivity index (χ1v) is 5.82. The highest BCUT2D eigenvalue weighted by molar-refractivity contribution is 9.10. The number of nitrogens with zero attached hydrogens (tertiary/aromatic N) is 2. The number of halogens is 1. The van der Waals surface area contributed by atoms with Crippen LogP contribution >= 0.6 is 15.9 Å². The van der Waals surface area contributed by atoms with E-state index in [1.165, 1.54) is 5.56 Å². The highest BCUT2D eigenvalue weighted by atomic mass is 79.9. The van der Waals surface area contributed by atoms with Crippen LogP contribution in [0, 0.1) is 13.8 Å². The summed E-state index contributed by atoms with van der Waals surface area (Å²) in [6.45, 7) is 4.77. The molecule has 0 aliphatic rings. The predicted octanol–water partition coefficient (Wildman–Crippen LogP) is 2.80. The molecule has 0 spiro atoms. The van der Waals surface area contributed by atoms with Crippen LogP contribution in [0.4, 0.5) is 5.69 Å². The van der Waals surface area contributed by atoms with E-state index in [2.05, 4.69) is 36.4 Å². The van der Waals surface area contributed by atoms with Crippen molar-refractivity contribution in [2.24, 2.45) is 0 Å². The molecule has 0 aliphatic heterocycles. The topological polar surface area (TPSA) is 53.6 Å². The van der Waals surface area contributed by atoms with E-state index in [1.807, 2.05) is 26.0 Å². The van der Waals surface area contributed by atoms with Crippen LogP contribution < -0.4 is 5.32 Å². The van der Waals surface area contributed by atoms with Gasteiger partial charge in [0.05, 0.1) is 11.4 Å². The second-order valence-corrected chi connectivity index (χ2v) is 4.36. The number of anilines is 1. The normalized spacial score (nSPS) is 10.4. The summed E-state index contributed by atoms with van der Waals surface area (Å²) in [7, 11) is 0. The van der Waals surface area contributed by atoms with Crippen LogP contribution in [0.1, 0.15) is 17.0 Å². The van der Waals surface area contributed by atoms with Gasteiger partial charge in [0.1, 0.15) is 4.60 Å². The number of hydrogen-bond acceptors (Lipinski definition) is 3. The van der Waals surface area contributed by atoms with Crippen molar-refractivity contribution in [3.8, 4) is 0 Å². The van der Waals surface area contributed by atoms with Crippen LogP contribution in [0.2, 0.25) is 0 Å². The number of nitrogens with one attached hydrogen (secondary N) is 2. The maximum Gasteiger partial charge on any atom is 0.129 e. The van der Waals surface area contributed by atoms with E-state index in [-0.39, 0.29) is 0 Å². The Labute approximate surface area is 103 Å². The third kappa shape index (κ3) is 2.24. The quantitative estimate of drug-likeness (QED) is 0.851. The molecular weight excluding hydrogens is 268 g/mol. The zero-order valence-corrected chi connectivity index (χ0v) is 10.8. The summed E-state index contributed by atoms with van der Waals surface area (Å²) in [6.07, 6.45) is 1.75. The molecule has 2 aromatic heterocycles. The summed E-state index contributed by atoms with van der Waals surface area (Å²) in [5, 5.41) is 10.5. The molecule has 0 atom stereocenters. The molecule has 0 aromatic carbocycles. The molecule has 0 saturated carbocycles. The molecule has 2 aromatic rings. The first kappa shape index (κ1) is 11.1. The molecule has 0 fully saturated rings. The monoisotopic (exact) mass is 280 g/mol. The molecule has 5 heteroatoms. The molecule has 2 rings (SSSR count). The van der Waals surface area contributed by atoms with E-state index in [9.17, 15) is 0 Å². The van der Waals surface area contributed by atoms with E-state index >= 15 is 0 Å². The number of rotatable bonds is 3. The van der Waals surface area contributed by atoms with Gasteiger partial charge in [-0.3, -0.25) is 5.10 Å². The van der Waals surface area contributed by atoms with Gasteiger partial charge < -0.3 is 5.32 Å². The van der Waals surface area contributed by atoms with Gasteiger partial charge in [-0.05, 0) is 41.9 Å². The number of H-pyrrole nitrogens is 1. The molecule has 16 heavy (non-hydrogen) atoms. The second-order valence-electron chi connectivity index (χ2n) is 3.61. The first-order chi connectivity index (χ1) is 7.68. The number of hydrogen-bond donors (Lipinski definition) is 2. The molecule has 0 unspecified atom stereocenters. The van der Waals surface area contributed by atoms with Crippen LogP contribution in [0.5, 0.6) is 0 Å². The number of pyridine rings is 1. The summed E-state index contributed by atoms with van der Waals surface area (Å²) < 4.78 is 0.828. The van der Waals surface area contributed by atoms with Crippen molar-refractivity contribution in [1.29, 1.82) is 0 Å². The van der Waals surface area contributed by atoms with Gasteiger partial charge in [-0.25, -0.2) is 4.98 Å². The maximum atomic E-state index is 4.16. The predicted molar refractivity (Wildman–Crippen MR) is 67.3 cm³/mol.